The molecule has 1 saturated heterocycles. The zero-order valence-corrected chi connectivity index (χ0v) is 17.8. The van der Waals surface area contributed by atoms with Gasteiger partial charge in [-0.3, -0.25) is 9.36 Å². The lowest BCUT2D eigenvalue weighted by atomic mass is 10.1. The largest absolute Gasteiger partial charge is 0.396 e. The van der Waals surface area contributed by atoms with Crippen molar-refractivity contribution in [1.29, 1.82) is 0 Å². The SMILES string of the molecule is [C-]#[N+]c1ccc(-c2cc3n(c2)Cc2cc(N4C[C@@H](CO)CC4=O)ccc2-n2ccnc2-3)cc1. The van der Waals surface area contributed by atoms with E-state index in [-0.39, 0.29) is 18.4 Å². The zero-order valence-electron chi connectivity index (χ0n) is 17.8. The highest BCUT2D eigenvalue weighted by Gasteiger charge is 2.31. The average molecular weight is 435 g/mol. The van der Waals surface area contributed by atoms with Crippen LogP contribution in [0.5, 0.6) is 0 Å². The predicted octanol–water partition coefficient (Wildman–Crippen LogP) is 4.27. The van der Waals surface area contributed by atoms with Crippen LogP contribution >= 0.6 is 0 Å². The average Bonchev–Trinajstić information content (AvgIpc) is 3.56. The third kappa shape index (κ3) is 3.15. The quantitative estimate of drug-likeness (QED) is 0.431. The van der Waals surface area contributed by atoms with Gasteiger partial charge in [0.05, 0.1) is 18.0 Å². The molecule has 4 heterocycles. The second-order valence-corrected chi connectivity index (χ2v) is 8.59. The maximum Gasteiger partial charge on any atom is 0.227 e. The van der Waals surface area contributed by atoms with Gasteiger partial charge in [0, 0.05) is 61.9 Å². The number of amides is 1. The summed E-state index contributed by atoms with van der Waals surface area (Å²) in [4.78, 5) is 22.4. The highest BCUT2D eigenvalue weighted by Crippen LogP contribution is 2.36. The minimum Gasteiger partial charge on any atom is -0.396 e. The van der Waals surface area contributed by atoms with E-state index < -0.39 is 0 Å². The molecule has 4 aromatic rings. The number of aliphatic hydroxyl groups is 1. The van der Waals surface area contributed by atoms with Crippen molar-refractivity contribution in [3.63, 3.8) is 0 Å². The van der Waals surface area contributed by atoms with Gasteiger partial charge in [0.25, 0.3) is 0 Å². The van der Waals surface area contributed by atoms with Crippen LogP contribution in [0.3, 0.4) is 0 Å². The van der Waals surface area contributed by atoms with E-state index in [1.807, 2.05) is 42.6 Å². The first-order chi connectivity index (χ1) is 16.1. The Morgan fingerprint density at radius 1 is 1.12 bits per heavy atom. The summed E-state index contributed by atoms with van der Waals surface area (Å²) in [7, 11) is 0. The summed E-state index contributed by atoms with van der Waals surface area (Å²) in [5.74, 6) is 0.908. The number of carbonyl (C=O) groups is 1. The maximum absolute atomic E-state index is 12.5. The molecule has 1 amide bonds. The summed E-state index contributed by atoms with van der Waals surface area (Å²) >= 11 is 0. The lowest BCUT2D eigenvalue weighted by Gasteiger charge is -2.19. The summed E-state index contributed by atoms with van der Waals surface area (Å²) in [6.07, 6.45) is 6.27. The minimum atomic E-state index is -0.00980. The number of anilines is 1. The van der Waals surface area contributed by atoms with Crippen LogP contribution < -0.4 is 4.90 Å². The monoisotopic (exact) mass is 435 g/mol. The minimum absolute atomic E-state index is 0.00980. The van der Waals surface area contributed by atoms with Crippen molar-refractivity contribution in [3.8, 4) is 28.3 Å². The summed E-state index contributed by atoms with van der Waals surface area (Å²) in [6, 6.07) is 15.8. The number of rotatable bonds is 3. The fraction of sp³-hybridized carbons (Fsp3) is 0.192. The van der Waals surface area contributed by atoms with Crippen molar-refractivity contribution in [2.45, 2.75) is 13.0 Å². The summed E-state index contributed by atoms with van der Waals surface area (Å²) < 4.78 is 4.28. The second-order valence-electron chi connectivity index (χ2n) is 8.59. The molecule has 1 N–H and O–H groups in total. The Balaban J connectivity index is 1.43. The van der Waals surface area contributed by atoms with Crippen LogP contribution in [0.15, 0.2) is 67.1 Å². The van der Waals surface area contributed by atoms with Gasteiger partial charge in [-0.05, 0) is 35.4 Å². The molecule has 2 aromatic carbocycles. The van der Waals surface area contributed by atoms with Gasteiger partial charge < -0.3 is 14.6 Å². The van der Waals surface area contributed by atoms with Gasteiger partial charge in [-0.1, -0.05) is 24.3 Å². The van der Waals surface area contributed by atoms with E-state index >= 15 is 0 Å². The molecule has 1 atom stereocenters. The Kier molecular flexibility index (Phi) is 4.42. The number of nitrogens with zero attached hydrogens (tertiary/aromatic N) is 5. The molecule has 0 aliphatic carbocycles. The molecule has 1 fully saturated rings. The van der Waals surface area contributed by atoms with Crippen molar-refractivity contribution in [2.75, 3.05) is 18.1 Å². The Bertz CT molecular complexity index is 1420. The van der Waals surface area contributed by atoms with Gasteiger partial charge in [0.15, 0.2) is 11.5 Å². The number of aliphatic hydroxyl groups excluding tert-OH is 1. The summed E-state index contributed by atoms with van der Waals surface area (Å²) in [5, 5.41) is 9.49. The van der Waals surface area contributed by atoms with Gasteiger partial charge in [0.2, 0.25) is 5.91 Å². The van der Waals surface area contributed by atoms with E-state index in [0.29, 0.717) is 25.2 Å². The highest BCUT2D eigenvalue weighted by molar-refractivity contribution is 5.96. The molecule has 2 aliphatic heterocycles. The molecule has 0 saturated carbocycles. The third-order valence-electron chi connectivity index (χ3n) is 6.53. The van der Waals surface area contributed by atoms with Crippen LogP contribution in [-0.4, -0.2) is 38.3 Å². The molecule has 0 radical (unpaired) electrons. The Morgan fingerprint density at radius 2 is 1.97 bits per heavy atom. The van der Waals surface area contributed by atoms with Crippen molar-refractivity contribution in [1.82, 2.24) is 14.1 Å². The Hall–Kier alpha value is -4.15. The fourth-order valence-corrected chi connectivity index (χ4v) is 4.84. The van der Waals surface area contributed by atoms with Gasteiger partial charge in [-0.2, -0.15) is 0 Å². The molecule has 6 rings (SSSR count). The molecule has 2 aliphatic rings. The van der Waals surface area contributed by atoms with Crippen LogP contribution in [0.2, 0.25) is 0 Å². The van der Waals surface area contributed by atoms with Crippen LogP contribution in [0, 0.1) is 12.5 Å². The summed E-state index contributed by atoms with van der Waals surface area (Å²) in [5.41, 5.74) is 6.75. The number of hydrogen-bond donors (Lipinski definition) is 1. The number of benzene rings is 2. The van der Waals surface area contributed by atoms with Crippen LogP contribution in [0.25, 0.3) is 33.2 Å². The topological polar surface area (TPSA) is 67.7 Å². The normalized spacial score (nSPS) is 16.7. The molecule has 7 heteroatoms. The van der Waals surface area contributed by atoms with Gasteiger partial charge in [-0.15, -0.1) is 0 Å². The lowest BCUT2D eigenvalue weighted by Crippen LogP contribution is -2.25. The van der Waals surface area contributed by atoms with Gasteiger partial charge in [-0.25, -0.2) is 9.83 Å². The first-order valence-electron chi connectivity index (χ1n) is 10.9. The number of fused-ring (bicyclic) bond motifs is 5. The molecule has 0 bridgehead atoms. The van der Waals surface area contributed by atoms with Crippen molar-refractivity contribution >= 4 is 17.3 Å². The van der Waals surface area contributed by atoms with Crippen LogP contribution in [0.1, 0.15) is 12.0 Å². The first kappa shape index (κ1) is 19.5. The smallest absolute Gasteiger partial charge is 0.227 e. The lowest BCUT2D eigenvalue weighted by molar-refractivity contribution is -0.117. The first-order valence-corrected chi connectivity index (χ1v) is 10.9. The molecule has 0 unspecified atom stereocenters. The molecule has 7 nitrogen and oxygen atoms in total. The van der Waals surface area contributed by atoms with E-state index in [0.717, 1.165) is 39.6 Å². The van der Waals surface area contributed by atoms with E-state index in [1.54, 1.807) is 11.1 Å². The third-order valence-corrected chi connectivity index (χ3v) is 6.53. The van der Waals surface area contributed by atoms with Crippen molar-refractivity contribution in [2.24, 2.45) is 5.92 Å². The van der Waals surface area contributed by atoms with E-state index in [2.05, 4.69) is 37.3 Å². The molecule has 33 heavy (non-hydrogen) atoms. The molecular formula is C26H21N5O2. The van der Waals surface area contributed by atoms with E-state index in [4.69, 9.17) is 6.57 Å². The molecular weight excluding hydrogens is 414 g/mol. The Morgan fingerprint density at radius 3 is 2.73 bits per heavy atom. The Labute approximate surface area is 191 Å². The van der Waals surface area contributed by atoms with Crippen molar-refractivity contribution in [3.05, 3.63) is 84.1 Å². The standard InChI is InChI=1S/C26H21N5O2/c1-27-21-4-2-18(3-5-21)19-12-24-26-28-8-9-30(26)23-7-6-22(11-20(23)15-29(24)14-19)31-13-17(16-32)10-25(31)33/h2-9,11-12,14,17,32H,10,13,15-16H2/t17-/m0/s1. The van der Waals surface area contributed by atoms with Gasteiger partial charge >= 0.3 is 0 Å². The van der Waals surface area contributed by atoms with Gasteiger partial charge in [0.1, 0.15) is 0 Å². The number of carbonyl (C=O) groups excluding carboxylic acids is 1. The van der Waals surface area contributed by atoms with E-state index in [1.165, 1.54) is 0 Å². The maximum atomic E-state index is 12.5. The summed E-state index contributed by atoms with van der Waals surface area (Å²) in [6.45, 7) is 8.39. The highest BCUT2D eigenvalue weighted by atomic mass is 16.3. The van der Waals surface area contributed by atoms with Crippen LogP contribution in [-0.2, 0) is 11.3 Å². The van der Waals surface area contributed by atoms with E-state index in [9.17, 15) is 9.90 Å². The van der Waals surface area contributed by atoms with Crippen LogP contribution in [0.4, 0.5) is 11.4 Å². The molecule has 0 spiro atoms. The molecule has 2 aromatic heterocycles. The zero-order chi connectivity index (χ0) is 22.5. The number of imidazole rings is 1. The number of aromatic nitrogens is 3. The number of hydrogen-bond acceptors (Lipinski definition) is 3. The van der Waals surface area contributed by atoms with Crippen molar-refractivity contribution < 1.29 is 9.90 Å². The molecule has 162 valence electrons. The predicted molar refractivity (Wildman–Crippen MR) is 125 cm³/mol. The fourth-order valence-electron chi connectivity index (χ4n) is 4.84. The second kappa shape index (κ2) is 7.47.